The number of hydrogen-bond donors (Lipinski definition) is 0. The fourth-order valence-corrected chi connectivity index (χ4v) is 3.59. The van der Waals surface area contributed by atoms with E-state index >= 15 is 0 Å². The van der Waals surface area contributed by atoms with Gasteiger partial charge in [0.1, 0.15) is 0 Å². The first-order valence-corrected chi connectivity index (χ1v) is 9.72. The summed E-state index contributed by atoms with van der Waals surface area (Å²) in [6.45, 7) is 1.73. The van der Waals surface area contributed by atoms with Crippen molar-refractivity contribution in [2.75, 3.05) is 6.26 Å². The van der Waals surface area contributed by atoms with E-state index in [1.165, 1.54) is 40.2 Å². The summed E-state index contributed by atoms with van der Waals surface area (Å²) in [4.78, 5) is 7.95. The fraction of sp³-hybridized carbons (Fsp3) is 0.200. The summed E-state index contributed by atoms with van der Waals surface area (Å²) >= 11 is 1.19. The SMILES string of the molecule is Cc1csc(-c2nc(C(F)(F)F)cn2-c2ccc(S(C)(=O)=O)cc2)n1. The van der Waals surface area contributed by atoms with Crippen LogP contribution >= 0.6 is 11.3 Å². The van der Waals surface area contributed by atoms with Crippen LogP contribution in [0.25, 0.3) is 16.5 Å². The molecule has 0 spiro atoms. The van der Waals surface area contributed by atoms with Crippen molar-refractivity contribution < 1.29 is 21.6 Å². The minimum absolute atomic E-state index is 0.0533. The molecule has 3 aromatic rings. The van der Waals surface area contributed by atoms with E-state index in [0.29, 0.717) is 16.4 Å². The van der Waals surface area contributed by atoms with E-state index in [2.05, 4.69) is 9.97 Å². The lowest BCUT2D eigenvalue weighted by Gasteiger charge is -2.07. The molecule has 0 atom stereocenters. The Morgan fingerprint density at radius 2 is 1.76 bits per heavy atom. The van der Waals surface area contributed by atoms with E-state index in [-0.39, 0.29) is 10.7 Å². The molecule has 0 fully saturated rings. The summed E-state index contributed by atoms with van der Waals surface area (Å²) in [5.74, 6) is 0.0533. The number of thiazole rings is 1. The van der Waals surface area contributed by atoms with Gasteiger partial charge in [0.2, 0.25) is 0 Å². The van der Waals surface area contributed by atoms with Crippen LogP contribution in [0.2, 0.25) is 0 Å². The molecule has 0 aliphatic heterocycles. The number of alkyl halides is 3. The highest BCUT2D eigenvalue weighted by Crippen LogP contribution is 2.33. The summed E-state index contributed by atoms with van der Waals surface area (Å²) in [6.07, 6.45) is -2.66. The highest BCUT2D eigenvalue weighted by Gasteiger charge is 2.35. The van der Waals surface area contributed by atoms with Gasteiger partial charge in [-0.15, -0.1) is 11.3 Å². The Labute approximate surface area is 145 Å². The molecule has 132 valence electrons. The maximum absolute atomic E-state index is 13.1. The summed E-state index contributed by atoms with van der Waals surface area (Å²) < 4.78 is 63.5. The topological polar surface area (TPSA) is 64.8 Å². The van der Waals surface area contributed by atoms with Gasteiger partial charge in [0.25, 0.3) is 0 Å². The zero-order valence-electron chi connectivity index (χ0n) is 13.1. The van der Waals surface area contributed by atoms with Gasteiger partial charge in [0.15, 0.2) is 26.4 Å². The molecule has 25 heavy (non-hydrogen) atoms. The molecule has 3 rings (SSSR count). The average molecular weight is 387 g/mol. The van der Waals surface area contributed by atoms with Crippen molar-refractivity contribution in [1.82, 2.24) is 14.5 Å². The monoisotopic (exact) mass is 387 g/mol. The van der Waals surface area contributed by atoms with Crippen LogP contribution in [0.15, 0.2) is 40.7 Å². The largest absolute Gasteiger partial charge is 0.434 e. The fourth-order valence-electron chi connectivity index (χ4n) is 2.18. The van der Waals surface area contributed by atoms with Crippen molar-refractivity contribution >= 4 is 21.2 Å². The van der Waals surface area contributed by atoms with Gasteiger partial charge in [-0.05, 0) is 31.2 Å². The van der Waals surface area contributed by atoms with Gasteiger partial charge < -0.3 is 0 Å². The average Bonchev–Trinajstić information content (AvgIpc) is 3.12. The predicted molar refractivity (Wildman–Crippen MR) is 87.5 cm³/mol. The number of aromatic nitrogens is 3. The third kappa shape index (κ3) is 3.59. The lowest BCUT2D eigenvalue weighted by molar-refractivity contribution is -0.140. The molecular weight excluding hydrogens is 375 g/mol. The summed E-state index contributed by atoms with van der Waals surface area (Å²) in [5, 5.41) is 2.06. The number of imidazole rings is 1. The van der Waals surface area contributed by atoms with Crippen molar-refractivity contribution in [3.8, 4) is 16.5 Å². The van der Waals surface area contributed by atoms with Crippen molar-refractivity contribution in [2.24, 2.45) is 0 Å². The molecule has 0 unspecified atom stereocenters. The van der Waals surface area contributed by atoms with E-state index in [9.17, 15) is 21.6 Å². The summed E-state index contributed by atoms with van der Waals surface area (Å²) in [5.41, 5.74) is -0.00340. The van der Waals surface area contributed by atoms with Crippen molar-refractivity contribution in [3.63, 3.8) is 0 Å². The Morgan fingerprint density at radius 3 is 2.24 bits per heavy atom. The number of benzene rings is 1. The molecule has 0 bridgehead atoms. The molecule has 0 amide bonds. The van der Waals surface area contributed by atoms with E-state index in [1.54, 1.807) is 12.3 Å². The summed E-state index contributed by atoms with van der Waals surface area (Å²) in [6, 6.07) is 5.55. The van der Waals surface area contributed by atoms with Crippen molar-refractivity contribution in [3.05, 3.63) is 47.2 Å². The van der Waals surface area contributed by atoms with Crippen LogP contribution < -0.4 is 0 Å². The molecule has 0 saturated heterocycles. The van der Waals surface area contributed by atoms with Gasteiger partial charge in [0.05, 0.1) is 4.90 Å². The molecule has 0 aliphatic rings. The maximum atomic E-state index is 13.1. The molecule has 0 aliphatic carbocycles. The van der Waals surface area contributed by atoms with Crippen LogP contribution in [0, 0.1) is 6.92 Å². The molecule has 5 nitrogen and oxygen atoms in total. The Hall–Kier alpha value is -2.20. The van der Waals surface area contributed by atoms with Crippen LogP contribution in [0.5, 0.6) is 0 Å². The second kappa shape index (κ2) is 5.95. The second-order valence-corrected chi connectivity index (χ2v) is 8.25. The smallest absolute Gasteiger partial charge is 0.297 e. The number of sulfone groups is 1. The standard InChI is InChI=1S/C15H12F3N3O2S2/c1-9-8-24-14(19-9)13-20-12(15(16,17)18)7-21(13)10-3-5-11(6-4-10)25(2,22)23/h3-8H,1-2H3. The molecule has 10 heteroatoms. The third-order valence-electron chi connectivity index (χ3n) is 3.35. The first-order chi connectivity index (χ1) is 11.6. The Bertz CT molecular complexity index is 1020. The maximum Gasteiger partial charge on any atom is 0.434 e. The quantitative estimate of drug-likeness (QED) is 0.687. The minimum Gasteiger partial charge on any atom is -0.297 e. The number of hydrogen-bond acceptors (Lipinski definition) is 5. The van der Waals surface area contributed by atoms with Gasteiger partial charge in [0, 0.05) is 29.2 Å². The van der Waals surface area contributed by atoms with Gasteiger partial charge in [-0.3, -0.25) is 4.57 Å². The molecule has 1 aromatic carbocycles. The summed E-state index contributed by atoms with van der Waals surface area (Å²) in [7, 11) is -3.39. The van der Waals surface area contributed by atoms with Crippen LogP contribution in [-0.2, 0) is 16.0 Å². The van der Waals surface area contributed by atoms with Gasteiger partial charge >= 0.3 is 6.18 Å². The van der Waals surface area contributed by atoms with Crippen molar-refractivity contribution in [1.29, 1.82) is 0 Å². The number of halogens is 3. The van der Waals surface area contributed by atoms with Crippen LogP contribution in [0.4, 0.5) is 13.2 Å². The highest BCUT2D eigenvalue weighted by molar-refractivity contribution is 7.90. The minimum atomic E-state index is -4.60. The Kier molecular flexibility index (Phi) is 4.20. The molecule has 0 N–H and O–H groups in total. The van der Waals surface area contributed by atoms with E-state index in [1.807, 2.05) is 0 Å². The number of nitrogens with zero attached hydrogens (tertiary/aromatic N) is 3. The van der Waals surface area contributed by atoms with Crippen LogP contribution in [0.1, 0.15) is 11.4 Å². The number of rotatable bonds is 3. The molecule has 0 saturated carbocycles. The van der Waals surface area contributed by atoms with Gasteiger partial charge in [-0.25, -0.2) is 18.4 Å². The second-order valence-electron chi connectivity index (χ2n) is 5.38. The van der Waals surface area contributed by atoms with Crippen molar-refractivity contribution in [2.45, 2.75) is 18.0 Å². The van der Waals surface area contributed by atoms with Gasteiger partial charge in [-0.1, -0.05) is 0 Å². The Morgan fingerprint density at radius 1 is 1.12 bits per heavy atom. The highest BCUT2D eigenvalue weighted by atomic mass is 32.2. The zero-order chi connectivity index (χ0) is 18.4. The molecule has 2 heterocycles. The van der Waals surface area contributed by atoms with Crippen LogP contribution in [-0.4, -0.2) is 29.2 Å². The third-order valence-corrected chi connectivity index (χ3v) is 5.43. The van der Waals surface area contributed by atoms with Crippen LogP contribution in [0.3, 0.4) is 0 Å². The zero-order valence-corrected chi connectivity index (χ0v) is 14.7. The van der Waals surface area contributed by atoms with E-state index in [0.717, 1.165) is 12.5 Å². The normalized spacial score (nSPS) is 12.5. The predicted octanol–water partition coefficient (Wildman–Crippen LogP) is 3.73. The molecule has 2 aromatic heterocycles. The van der Waals surface area contributed by atoms with E-state index in [4.69, 9.17) is 0 Å². The number of aryl methyl sites for hydroxylation is 1. The lowest BCUT2D eigenvalue weighted by atomic mass is 10.3. The molecule has 0 radical (unpaired) electrons. The first-order valence-electron chi connectivity index (χ1n) is 6.95. The van der Waals surface area contributed by atoms with E-state index < -0.39 is 21.7 Å². The Balaban J connectivity index is 2.16. The first kappa shape index (κ1) is 17.6. The van der Waals surface area contributed by atoms with Gasteiger partial charge in [-0.2, -0.15) is 13.2 Å². The molecular formula is C15H12F3N3O2S2. The lowest BCUT2D eigenvalue weighted by Crippen LogP contribution is -2.05.